The van der Waals surface area contributed by atoms with Crippen LogP contribution in [0.15, 0.2) is 42.5 Å². The number of amides is 1. The van der Waals surface area contributed by atoms with Crippen LogP contribution in [-0.2, 0) is 22.7 Å². The topological polar surface area (TPSA) is 104 Å². The smallest absolute Gasteiger partial charge is 0.252 e. The van der Waals surface area contributed by atoms with Gasteiger partial charge in [-0.2, -0.15) is 5.26 Å². The lowest BCUT2D eigenvalue weighted by Gasteiger charge is -2.17. The van der Waals surface area contributed by atoms with Crippen LogP contribution in [0.1, 0.15) is 16.8 Å². The number of nitrogens with one attached hydrogen (secondary N) is 1. The number of anilines is 1. The van der Waals surface area contributed by atoms with Gasteiger partial charge in [0.15, 0.2) is 5.69 Å². The summed E-state index contributed by atoms with van der Waals surface area (Å²) in [5.74, 6) is 0.614. The molecule has 0 saturated carbocycles. The summed E-state index contributed by atoms with van der Waals surface area (Å²) >= 11 is 0. The van der Waals surface area contributed by atoms with Crippen molar-refractivity contribution in [2.45, 2.75) is 13.2 Å². The number of ether oxygens (including phenoxy) is 2. The van der Waals surface area contributed by atoms with Gasteiger partial charge in [0.05, 0.1) is 6.61 Å². The number of likely N-dealkylation sites (N-methyl/N-ethyl adjacent to an activating group) is 1. The van der Waals surface area contributed by atoms with Gasteiger partial charge in [-0.3, -0.25) is 4.79 Å². The zero-order valence-corrected chi connectivity index (χ0v) is 15.2. The predicted octanol–water partition coefficient (Wildman–Crippen LogP) is 2.42. The molecule has 0 radical (unpaired) electrons. The number of hydrogen-bond donors (Lipinski definition) is 1. The minimum atomic E-state index is -0.0752. The highest BCUT2D eigenvalue weighted by Crippen LogP contribution is 2.28. The Morgan fingerprint density at radius 1 is 1.29 bits per heavy atom. The number of rotatable bonds is 4. The predicted molar refractivity (Wildman–Crippen MR) is 100 cm³/mol. The summed E-state index contributed by atoms with van der Waals surface area (Å²) in [6.45, 7) is 0.782. The van der Waals surface area contributed by atoms with E-state index in [1.807, 2.05) is 48.5 Å². The number of fused-ring (bicyclic) bond motifs is 1. The average Bonchev–Trinajstić information content (AvgIpc) is 3.16. The van der Waals surface area contributed by atoms with E-state index in [0.29, 0.717) is 30.4 Å². The standard InChI is InChI=1S/C20H17N5O3/c1-25-18-6-5-16(8-15(18)11-27-12-19(25)26)28-10-13-3-2-4-14(7-13)20-17(9-21)22-24-23-20/h2-8H,10-12H2,1H3,(H,22,23,24). The summed E-state index contributed by atoms with van der Waals surface area (Å²) in [6, 6.07) is 15.2. The SMILES string of the molecule is CN1C(=O)COCc2cc(OCc3cccc(-c4nn[nH]c4C#N)c3)ccc21. The lowest BCUT2D eigenvalue weighted by Crippen LogP contribution is -2.28. The van der Waals surface area contributed by atoms with Gasteiger partial charge in [0.1, 0.15) is 30.7 Å². The molecule has 140 valence electrons. The van der Waals surface area contributed by atoms with Crippen molar-refractivity contribution in [2.75, 3.05) is 18.6 Å². The van der Waals surface area contributed by atoms with Gasteiger partial charge in [0.25, 0.3) is 5.91 Å². The minimum absolute atomic E-state index is 0.0703. The maximum absolute atomic E-state index is 11.9. The third kappa shape index (κ3) is 3.43. The van der Waals surface area contributed by atoms with Crippen LogP contribution in [-0.4, -0.2) is 35.0 Å². The van der Waals surface area contributed by atoms with Gasteiger partial charge >= 0.3 is 0 Å². The van der Waals surface area contributed by atoms with Crippen LogP contribution in [0, 0.1) is 11.3 Å². The van der Waals surface area contributed by atoms with Crippen molar-refractivity contribution < 1.29 is 14.3 Å². The quantitative estimate of drug-likeness (QED) is 0.751. The lowest BCUT2D eigenvalue weighted by atomic mass is 10.1. The van der Waals surface area contributed by atoms with Crippen LogP contribution in [0.2, 0.25) is 0 Å². The van der Waals surface area contributed by atoms with Gasteiger partial charge in [0, 0.05) is 23.9 Å². The second-order valence-electron chi connectivity index (χ2n) is 6.37. The lowest BCUT2D eigenvalue weighted by molar-refractivity contribution is -0.122. The zero-order chi connectivity index (χ0) is 19.5. The Morgan fingerprint density at radius 2 is 2.18 bits per heavy atom. The molecule has 0 aliphatic carbocycles. The van der Waals surface area contributed by atoms with Crippen LogP contribution in [0.3, 0.4) is 0 Å². The number of benzene rings is 2. The Bertz CT molecular complexity index is 1070. The summed E-state index contributed by atoms with van der Waals surface area (Å²) in [7, 11) is 1.74. The normalized spacial score (nSPS) is 13.6. The minimum Gasteiger partial charge on any atom is -0.489 e. The van der Waals surface area contributed by atoms with E-state index in [2.05, 4.69) is 15.4 Å². The average molecular weight is 375 g/mol. The first-order valence-electron chi connectivity index (χ1n) is 8.66. The van der Waals surface area contributed by atoms with E-state index in [4.69, 9.17) is 14.7 Å². The molecule has 0 bridgehead atoms. The van der Waals surface area contributed by atoms with Crippen molar-refractivity contribution in [1.29, 1.82) is 5.26 Å². The number of H-pyrrole nitrogens is 1. The number of aromatic amines is 1. The molecule has 28 heavy (non-hydrogen) atoms. The molecule has 8 heteroatoms. The van der Waals surface area contributed by atoms with Gasteiger partial charge in [-0.1, -0.05) is 23.4 Å². The van der Waals surface area contributed by atoms with Crippen molar-refractivity contribution in [3.8, 4) is 23.1 Å². The summed E-state index contributed by atoms with van der Waals surface area (Å²) in [4.78, 5) is 13.5. The van der Waals surface area contributed by atoms with Gasteiger partial charge in [-0.05, 0) is 29.8 Å². The molecule has 2 heterocycles. The molecular formula is C20H17N5O3. The van der Waals surface area contributed by atoms with E-state index in [0.717, 1.165) is 22.4 Å². The highest BCUT2D eigenvalue weighted by atomic mass is 16.5. The van der Waals surface area contributed by atoms with Crippen LogP contribution < -0.4 is 9.64 Å². The third-order valence-electron chi connectivity index (χ3n) is 4.54. The van der Waals surface area contributed by atoms with Crippen molar-refractivity contribution in [3.63, 3.8) is 0 Å². The molecule has 1 aromatic heterocycles. The fourth-order valence-electron chi connectivity index (χ4n) is 3.06. The largest absolute Gasteiger partial charge is 0.489 e. The Kier molecular flexibility index (Phi) is 4.74. The highest BCUT2D eigenvalue weighted by Gasteiger charge is 2.19. The molecule has 2 aromatic carbocycles. The Morgan fingerprint density at radius 3 is 3.04 bits per heavy atom. The van der Waals surface area contributed by atoms with Crippen molar-refractivity contribution in [1.82, 2.24) is 15.4 Å². The van der Waals surface area contributed by atoms with Crippen LogP contribution in [0.25, 0.3) is 11.3 Å². The van der Waals surface area contributed by atoms with Gasteiger partial charge in [-0.25, -0.2) is 5.10 Å². The first-order valence-corrected chi connectivity index (χ1v) is 8.66. The molecule has 3 aromatic rings. The summed E-state index contributed by atoms with van der Waals surface area (Å²) in [6.07, 6.45) is 0. The molecule has 8 nitrogen and oxygen atoms in total. The molecule has 0 saturated heterocycles. The monoisotopic (exact) mass is 375 g/mol. The van der Waals surface area contributed by atoms with E-state index >= 15 is 0 Å². The number of carbonyl (C=O) groups excluding carboxylic acids is 1. The Balaban J connectivity index is 1.51. The van der Waals surface area contributed by atoms with E-state index in [1.54, 1.807) is 11.9 Å². The number of hydrogen-bond acceptors (Lipinski definition) is 6. The van der Waals surface area contributed by atoms with E-state index in [-0.39, 0.29) is 12.5 Å². The van der Waals surface area contributed by atoms with Crippen molar-refractivity contribution in [2.24, 2.45) is 0 Å². The van der Waals surface area contributed by atoms with Gasteiger partial charge in [0.2, 0.25) is 0 Å². The van der Waals surface area contributed by atoms with Gasteiger partial charge < -0.3 is 14.4 Å². The fraction of sp³-hybridized carbons (Fsp3) is 0.200. The molecule has 4 rings (SSSR count). The Hall–Kier alpha value is -3.70. The highest BCUT2D eigenvalue weighted by molar-refractivity contribution is 5.95. The molecule has 1 aliphatic heterocycles. The molecule has 1 N–H and O–H groups in total. The summed E-state index contributed by atoms with van der Waals surface area (Å²) in [5, 5.41) is 19.4. The molecular weight excluding hydrogens is 358 g/mol. The zero-order valence-electron chi connectivity index (χ0n) is 15.2. The van der Waals surface area contributed by atoms with Crippen LogP contribution >= 0.6 is 0 Å². The molecule has 0 spiro atoms. The second kappa shape index (κ2) is 7.50. The number of aromatic nitrogens is 3. The van der Waals surface area contributed by atoms with Crippen LogP contribution in [0.5, 0.6) is 5.75 Å². The summed E-state index contributed by atoms with van der Waals surface area (Å²) in [5.41, 5.74) is 4.29. The van der Waals surface area contributed by atoms with E-state index < -0.39 is 0 Å². The molecule has 1 aliphatic rings. The van der Waals surface area contributed by atoms with Crippen molar-refractivity contribution in [3.05, 3.63) is 59.3 Å². The molecule has 0 fully saturated rings. The van der Waals surface area contributed by atoms with Crippen molar-refractivity contribution >= 4 is 11.6 Å². The molecule has 1 amide bonds. The maximum Gasteiger partial charge on any atom is 0.252 e. The van der Waals surface area contributed by atoms with E-state index in [1.165, 1.54) is 0 Å². The van der Waals surface area contributed by atoms with E-state index in [9.17, 15) is 4.79 Å². The number of carbonyl (C=O) groups is 1. The second-order valence-corrected chi connectivity index (χ2v) is 6.37. The fourth-order valence-corrected chi connectivity index (χ4v) is 3.06. The first-order chi connectivity index (χ1) is 13.7. The number of nitriles is 1. The number of nitrogens with zero attached hydrogens (tertiary/aromatic N) is 4. The third-order valence-corrected chi connectivity index (χ3v) is 4.54. The first kappa shape index (κ1) is 17.7. The molecule has 0 atom stereocenters. The van der Waals surface area contributed by atoms with Gasteiger partial charge in [-0.15, -0.1) is 5.10 Å². The van der Waals surface area contributed by atoms with Crippen LogP contribution in [0.4, 0.5) is 5.69 Å². The maximum atomic E-state index is 11.9. The Labute approximate surface area is 161 Å². The summed E-state index contributed by atoms with van der Waals surface area (Å²) < 4.78 is 11.3. The molecule has 0 unspecified atom stereocenters.